The molecular weight excluding hydrogens is 298 g/mol. The van der Waals surface area contributed by atoms with Gasteiger partial charge in [-0.05, 0) is 19.9 Å². The average Bonchev–Trinajstić information content (AvgIpc) is 2.85. The molecule has 2 N–H and O–H groups in total. The number of rotatable bonds is 7. The van der Waals surface area contributed by atoms with Crippen LogP contribution in [-0.2, 0) is 16.1 Å². The van der Waals surface area contributed by atoms with Crippen molar-refractivity contribution in [2.24, 2.45) is 0 Å². The van der Waals surface area contributed by atoms with Crippen LogP contribution in [0, 0.1) is 0 Å². The van der Waals surface area contributed by atoms with Crippen LogP contribution >= 0.6 is 0 Å². The lowest BCUT2D eigenvalue weighted by molar-refractivity contribution is -0.122. The van der Waals surface area contributed by atoms with Gasteiger partial charge in [0.1, 0.15) is 18.9 Å². The van der Waals surface area contributed by atoms with Gasteiger partial charge < -0.3 is 15.1 Å². The summed E-state index contributed by atoms with van der Waals surface area (Å²) in [4.78, 5) is 42.1. The van der Waals surface area contributed by atoms with Gasteiger partial charge in [0.25, 0.3) is 0 Å². The first-order chi connectivity index (χ1) is 11.0. The molecule has 2 heterocycles. The molecule has 0 bridgehead atoms. The van der Waals surface area contributed by atoms with Gasteiger partial charge in [0.05, 0.1) is 0 Å². The Morgan fingerprint density at radius 3 is 2.74 bits per heavy atom. The van der Waals surface area contributed by atoms with Crippen LogP contribution in [0.25, 0.3) is 0 Å². The zero-order valence-corrected chi connectivity index (χ0v) is 13.3. The standard InChI is InChI=1S/C15H21N5O3/c1-3-19(4-2)14-11(6-5-7-16-14)8-17-12(21)9-20-10-13(22)18-15(20)23/h5-7H,3-4,8-10H2,1-2H3,(H,17,21)(H,18,22,23). The molecule has 4 amide bonds. The van der Waals surface area contributed by atoms with Gasteiger partial charge in [0.2, 0.25) is 11.8 Å². The quantitative estimate of drug-likeness (QED) is 0.695. The lowest BCUT2D eigenvalue weighted by Gasteiger charge is -2.22. The Morgan fingerprint density at radius 1 is 1.39 bits per heavy atom. The number of anilines is 1. The topological polar surface area (TPSA) is 94.6 Å². The van der Waals surface area contributed by atoms with Crippen molar-refractivity contribution < 1.29 is 14.4 Å². The number of carbonyl (C=O) groups is 3. The summed E-state index contributed by atoms with van der Waals surface area (Å²) < 4.78 is 0. The summed E-state index contributed by atoms with van der Waals surface area (Å²) in [6.45, 7) is 5.84. The normalized spacial score (nSPS) is 13.9. The molecule has 0 spiro atoms. The minimum absolute atomic E-state index is 0.0795. The van der Waals surface area contributed by atoms with Crippen LogP contribution < -0.4 is 15.5 Å². The van der Waals surface area contributed by atoms with Crippen molar-refractivity contribution in [3.05, 3.63) is 23.9 Å². The molecule has 2 rings (SSSR count). The number of amides is 4. The lowest BCUT2D eigenvalue weighted by atomic mass is 10.2. The first-order valence-electron chi connectivity index (χ1n) is 7.59. The van der Waals surface area contributed by atoms with Crippen molar-refractivity contribution in [3.63, 3.8) is 0 Å². The van der Waals surface area contributed by atoms with E-state index in [0.717, 1.165) is 24.5 Å². The smallest absolute Gasteiger partial charge is 0.325 e. The Labute approximate surface area is 134 Å². The Balaban J connectivity index is 1.94. The van der Waals surface area contributed by atoms with Gasteiger partial charge in [-0.3, -0.25) is 14.9 Å². The van der Waals surface area contributed by atoms with Crippen LogP contribution in [0.4, 0.5) is 10.6 Å². The third-order valence-electron chi connectivity index (χ3n) is 3.61. The monoisotopic (exact) mass is 319 g/mol. The summed E-state index contributed by atoms with van der Waals surface area (Å²) in [6.07, 6.45) is 1.72. The van der Waals surface area contributed by atoms with Gasteiger partial charge >= 0.3 is 6.03 Å². The van der Waals surface area contributed by atoms with Crippen molar-refractivity contribution in [1.29, 1.82) is 0 Å². The predicted octanol–water partition coefficient (Wildman–Crippen LogP) is 0.0958. The van der Waals surface area contributed by atoms with Crippen molar-refractivity contribution in [3.8, 4) is 0 Å². The summed E-state index contributed by atoms with van der Waals surface area (Å²) in [5.41, 5.74) is 0.909. The second-order valence-corrected chi connectivity index (χ2v) is 5.14. The Morgan fingerprint density at radius 2 is 2.13 bits per heavy atom. The number of pyridine rings is 1. The van der Waals surface area contributed by atoms with Crippen LogP contribution in [0.2, 0.25) is 0 Å². The summed E-state index contributed by atoms with van der Waals surface area (Å²) in [6, 6.07) is 3.20. The molecule has 0 atom stereocenters. The maximum Gasteiger partial charge on any atom is 0.325 e. The molecule has 0 aliphatic carbocycles. The number of nitrogens with one attached hydrogen (secondary N) is 2. The molecule has 0 radical (unpaired) electrons. The fourth-order valence-corrected chi connectivity index (χ4v) is 2.41. The van der Waals surface area contributed by atoms with E-state index in [-0.39, 0.29) is 24.9 Å². The number of hydrogen-bond acceptors (Lipinski definition) is 5. The van der Waals surface area contributed by atoms with Crippen molar-refractivity contribution >= 4 is 23.7 Å². The minimum Gasteiger partial charge on any atom is -0.357 e. The maximum absolute atomic E-state index is 12.0. The molecule has 1 aliphatic rings. The molecule has 0 aromatic carbocycles. The summed E-state index contributed by atoms with van der Waals surface area (Å²) >= 11 is 0. The zero-order valence-electron chi connectivity index (χ0n) is 13.3. The maximum atomic E-state index is 12.0. The van der Waals surface area contributed by atoms with Crippen molar-refractivity contribution in [2.45, 2.75) is 20.4 Å². The largest absolute Gasteiger partial charge is 0.357 e. The van der Waals surface area contributed by atoms with Gasteiger partial charge in [-0.25, -0.2) is 9.78 Å². The molecule has 1 aliphatic heterocycles. The highest BCUT2D eigenvalue weighted by Crippen LogP contribution is 2.16. The molecule has 1 fully saturated rings. The first-order valence-corrected chi connectivity index (χ1v) is 7.59. The first kappa shape index (κ1) is 16.7. The molecular formula is C15H21N5O3. The van der Waals surface area contributed by atoms with Gasteiger partial charge in [0, 0.05) is 31.4 Å². The highest BCUT2D eigenvalue weighted by Gasteiger charge is 2.28. The molecule has 0 unspecified atom stereocenters. The molecule has 1 saturated heterocycles. The SMILES string of the molecule is CCN(CC)c1ncccc1CNC(=O)CN1CC(=O)NC1=O. The minimum atomic E-state index is -0.532. The number of imide groups is 1. The number of hydrogen-bond donors (Lipinski definition) is 2. The van der Waals surface area contributed by atoms with E-state index in [4.69, 9.17) is 0 Å². The summed E-state index contributed by atoms with van der Waals surface area (Å²) in [7, 11) is 0. The van der Waals surface area contributed by atoms with E-state index < -0.39 is 6.03 Å². The molecule has 1 aromatic heterocycles. The zero-order chi connectivity index (χ0) is 16.8. The van der Waals surface area contributed by atoms with Crippen LogP contribution in [0.3, 0.4) is 0 Å². The Kier molecular flexibility index (Phi) is 5.51. The van der Waals surface area contributed by atoms with E-state index in [2.05, 4.69) is 20.5 Å². The van der Waals surface area contributed by atoms with Gasteiger partial charge in [-0.1, -0.05) is 6.07 Å². The van der Waals surface area contributed by atoms with Crippen LogP contribution in [-0.4, -0.2) is 53.9 Å². The van der Waals surface area contributed by atoms with Gasteiger partial charge in [-0.2, -0.15) is 0 Å². The number of urea groups is 1. The Bertz CT molecular complexity index is 601. The fourth-order valence-electron chi connectivity index (χ4n) is 2.41. The highest BCUT2D eigenvalue weighted by molar-refractivity contribution is 6.03. The van der Waals surface area contributed by atoms with E-state index >= 15 is 0 Å². The summed E-state index contributed by atoms with van der Waals surface area (Å²) in [5, 5.41) is 4.90. The Hall–Kier alpha value is -2.64. The third kappa shape index (κ3) is 4.18. The molecule has 8 heteroatoms. The van der Waals surface area contributed by atoms with E-state index in [1.54, 1.807) is 6.20 Å². The van der Waals surface area contributed by atoms with Crippen LogP contribution in [0.1, 0.15) is 19.4 Å². The second-order valence-electron chi connectivity index (χ2n) is 5.14. The molecule has 124 valence electrons. The number of carbonyl (C=O) groups excluding carboxylic acids is 3. The van der Waals surface area contributed by atoms with E-state index in [1.807, 2.05) is 26.0 Å². The van der Waals surface area contributed by atoms with Crippen LogP contribution in [0.5, 0.6) is 0 Å². The van der Waals surface area contributed by atoms with Crippen LogP contribution in [0.15, 0.2) is 18.3 Å². The molecule has 1 aromatic rings. The number of nitrogens with zero attached hydrogens (tertiary/aromatic N) is 3. The second kappa shape index (κ2) is 7.57. The van der Waals surface area contributed by atoms with E-state index in [0.29, 0.717) is 6.54 Å². The van der Waals surface area contributed by atoms with Crippen molar-refractivity contribution in [1.82, 2.24) is 20.5 Å². The molecule has 23 heavy (non-hydrogen) atoms. The van der Waals surface area contributed by atoms with Gasteiger partial charge in [-0.15, -0.1) is 0 Å². The van der Waals surface area contributed by atoms with Gasteiger partial charge in [0.15, 0.2) is 0 Å². The lowest BCUT2D eigenvalue weighted by Crippen LogP contribution is -2.39. The van der Waals surface area contributed by atoms with E-state index in [9.17, 15) is 14.4 Å². The molecule has 0 saturated carbocycles. The van der Waals surface area contributed by atoms with Crippen molar-refractivity contribution in [2.75, 3.05) is 31.1 Å². The third-order valence-corrected chi connectivity index (χ3v) is 3.61. The fraction of sp³-hybridized carbons (Fsp3) is 0.467. The number of aromatic nitrogens is 1. The average molecular weight is 319 g/mol. The summed E-state index contributed by atoms with van der Waals surface area (Å²) in [5.74, 6) is 0.134. The highest BCUT2D eigenvalue weighted by atomic mass is 16.2. The van der Waals surface area contributed by atoms with E-state index in [1.165, 1.54) is 4.90 Å². The predicted molar refractivity (Wildman–Crippen MR) is 84.8 cm³/mol. The molecule has 8 nitrogen and oxygen atoms in total.